The highest BCUT2D eigenvalue weighted by Gasteiger charge is 2.51. The van der Waals surface area contributed by atoms with Crippen molar-refractivity contribution in [1.29, 1.82) is 0 Å². The number of nitrogens with zero attached hydrogens (tertiary/aromatic N) is 2. The Morgan fingerprint density at radius 1 is 0.277 bits per heavy atom. The number of benzene rings is 13. The second-order valence-corrected chi connectivity index (χ2v) is 22.9. The highest BCUT2D eigenvalue weighted by atomic mass is 32.1. The molecule has 0 aliphatic heterocycles. The zero-order chi connectivity index (χ0) is 54.6. The van der Waals surface area contributed by atoms with Gasteiger partial charge < -0.3 is 14.2 Å². The topological polar surface area (TPSA) is 19.6 Å². The van der Waals surface area contributed by atoms with Crippen LogP contribution in [-0.2, 0) is 5.41 Å². The minimum absolute atomic E-state index is 0.500. The molecule has 13 aromatic carbocycles. The standard InChI is InChI=1S/C79H50N2OS/c1-4-20-51(21-5-1)54-46-55(52-22-6-2-7-23-52)48-56(47-54)53-38-40-58(41-39-53)80(57-24-8-3-9-25-57)72-34-19-36-75-77(72)67-49-59(43-45-74(67)82-75)81(73-35-18-30-66-65-29-13-17-37-76(65)83-78(66)73)60-42-44-64-63-28-12-16-33-70(63)79(71(64)50-60)68-31-14-10-26-61(68)62-27-11-15-32-69(62)79/h1-50H. The number of hydrogen-bond acceptors (Lipinski definition) is 4. The molecule has 15 aromatic rings. The minimum atomic E-state index is -0.500. The molecule has 0 radical (unpaired) electrons. The third-order valence-electron chi connectivity index (χ3n) is 17.4. The summed E-state index contributed by atoms with van der Waals surface area (Å²) in [5.74, 6) is 0. The molecular weight excluding hydrogens is 1020 g/mol. The van der Waals surface area contributed by atoms with E-state index in [1.54, 1.807) is 0 Å². The van der Waals surface area contributed by atoms with E-state index in [9.17, 15) is 0 Å². The Labute approximate surface area is 485 Å². The van der Waals surface area contributed by atoms with Crippen molar-refractivity contribution in [2.75, 3.05) is 9.80 Å². The van der Waals surface area contributed by atoms with Crippen LogP contribution in [0.2, 0.25) is 0 Å². The van der Waals surface area contributed by atoms with Crippen LogP contribution in [0.15, 0.2) is 308 Å². The first-order valence-electron chi connectivity index (χ1n) is 28.5. The number of para-hydroxylation sites is 1. The molecule has 2 aliphatic rings. The van der Waals surface area contributed by atoms with Crippen LogP contribution >= 0.6 is 11.3 Å². The van der Waals surface area contributed by atoms with Crippen molar-refractivity contribution in [1.82, 2.24) is 0 Å². The summed E-state index contributed by atoms with van der Waals surface area (Å²) in [6, 6.07) is 111. The van der Waals surface area contributed by atoms with Gasteiger partial charge in [0.2, 0.25) is 0 Å². The molecule has 1 spiro atoms. The quantitative estimate of drug-likeness (QED) is 0.144. The molecule has 0 fully saturated rings. The molecule has 2 aromatic heterocycles. The van der Waals surface area contributed by atoms with Crippen molar-refractivity contribution in [3.63, 3.8) is 0 Å². The van der Waals surface area contributed by atoms with Crippen LogP contribution in [0.5, 0.6) is 0 Å². The van der Waals surface area contributed by atoms with Gasteiger partial charge in [0, 0.05) is 43.6 Å². The molecule has 0 atom stereocenters. The Balaban J connectivity index is 0.854. The monoisotopic (exact) mass is 1070 g/mol. The molecule has 3 nitrogen and oxygen atoms in total. The van der Waals surface area contributed by atoms with Gasteiger partial charge in [0.05, 0.1) is 26.9 Å². The number of fused-ring (bicyclic) bond motifs is 16. The Morgan fingerprint density at radius 3 is 1.40 bits per heavy atom. The molecule has 0 amide bonds. The van der Waals surface area contributed by atoms with Gasteiger partial charge >= 0.3 is 0 Å². The van der Waals surface area contributed by atoms with Gasteiger partial charge in [-0.15, -0.1) is 11.3 Å². The van der Waals surface area contributed by atoms with Gasteiger partial charge in [0.1, 0.15) is 11.2 Å². The van der Waals surface area contributed by atoms with Crippen LogP contribution in [0.4, 0.5) is 34.1 Å². The molecule has 2 heterocycles. The van der Waals surface area contributed by atoms with E-state index < -0.39 is 5.41 Å². The van der Waals surface area contributed by atoms with Crippen LogP contribution in [0, 0.1) is 0 Å². The van der Waals surface area contributed by atoms with Gasteiger partial charge in [0.25, 0.3) is 0 Å². The van der Waals surface area contributed by atoms with E-state index in [0.29, 0.717) is 0 Å². The summed E-state index contributed by atoms with van der Waals surface area (Å²) in [6.45, 7) is 0. The SMILES string of the molecule is c1ccc(-c2cc(-c3ccccc3)cc(-c3ccc(N(c4ccccc4)c4cccc5oc6ccc(N(c7ccc8c(c7)C7(c9ccccc9-c9ccccc97)c7ccccc7-8)c7cccc8c7sc7ccccc78)cc6c45)cc3)c2)cc1. The van der Waals surface area contributed by atoms with Crippen LogP contribution < -0.4 is 9.80 Å². The first-order valence-corrected chi connectivity index (χ1v) is 29.3. The van der Waals surface area contributed by atoms with Crippen molar-refractivity contribution in [2.24, 2.45) is 0 Å². The summed E-state index contributed by atoms with van der Waals surface area (Å²) in [4.78, 5) is 4.89. The normalized spacial score (nSPS) is 12.7. The zero-order valence-electron chi connectivity index (χ0n) is 45.1. The van der Waals surface area contributed by atoms with E-state index in [2.05, 4.69) is 313 Å². The zero-order valence-corrected chi connectivity index (χ0v) is 45.9. The van der Waals surface area contributed by atoms with E-state index in [1.807, 2.05) is 11.3 Å². The van der Waals surface area contributed by atoms with Crippen molar-refractivity contribution in [3.8, 4) is 55.6 Å². The number of anilines is 6. The van der Waals surface area contributed by atoms with Gasteiger partial charge in [0.15, 0.2) is 0 Å². The molecule has 83 heavy (non-hydrogen) atoms. The largest absolute Gasteiger partial charge is 0.456 e. The average Bonchev–Trinajstić information content (AvgIpc) is 3.94. The van der Waals surface area contributed by atoms with Crippen molar-refractivity contribution < 1.29 is 4.42 Å². The highest BCUT2D eigenvalue weighted by molar-refractivity contribution is 7.26. The van der Waals surface area contributed by atoms with Crippen molar-refractivity contribution >= 4 is 87.6 Å². The van der Waals surface area contributed by atoms with E-state index in [-0.39, 0.29) is 0 Å². The van der Waals surface area contributed by atoms with Crippen molar-refractivity contribution in [3.05, 3.63) is 326 Å². The maximum atomic E-state index is 6.93. The lowest BCUT2D eigenvalue weighted by Gasteiger charge is -2.32. The first kappa shape index (κ1) is 47.3. The summed E-state index contributed by atoms with van der Waals surface area (Å²) >= 11 is 1.86. The number of rotatable bonds is 9. The first-order chi connectivity index (χ1) is 41.2. The number of furan rings is 1. The molecular formula is C79H50N2OS. The van der Waals surface area contributed by atoms with E-state index >= 15 is 0 Å². The summed E-state index contributed by atoms with van der Waals surface area (Å²) in [5, 5.41) is 4.60. The molecule has 388 valence electrons. The summed E-state index contributed by atoms with van der Waals surface area (Å²) in [6.07, 6.45) is 0. The maximum absolute atomic E-state index is 6.93. The molecule has 2 aliphatic carbocycles. The lowest BCUT2D eigenvalue weighted by molar-refractivity contribution is 0.669. The molecule has 0 saturated heterocycles. The second kappa shape index (κ2) is 18.8. The molecule has 0 N–H and O–H groups in total. The van der Waals surface area contributed by atoms with Crippen LogP contribution in [0.25, 0.3) is 97.7 Å². The minimum Gasteiger partial charge on any atom is -0.456 e. The summed E-state index contributed by atoms with van der Waals surface area (Å²) < 4.78 is 9.43. The third-order valence-corrected chi connectivity index (χ3v) is 18.6. The number of hydrogen-bond donors (Lipinski definition) is 0. The fraction of sp³-hybridized carbons (Fsp3) is 0.0127. The Morgan fingerprint density at radius 2 is 0.747 bits per heavy atom. The Kier molecular flexibility index (Phi) is 10.7. The smallest absolute Gasteiger partial charge is 0.137 e. The van der Waals surface area contributed by atoms with Gasteiger partial charge in [-0.25, -0.2) is 0 Å². The maximum Gasteiger partial charge on any atom is 0.137 e. The van der Waals surface area contributed by atoms with E-state index in [0.717, 1.165) is 67.2 Å². The van der Waals surface area contributed by atoms with E-state index in [1.165, 1.54) is 86.9 Å². The molecule has 0 unspecified atom stereocenters. The molecule has 17 rings (SSSR count). The lowest BCUT2D eigenvalue weighted by Crippen LogP contribution is -2.26. The predicted molar refractivity (Wildman–Crippen MR) is 349 cm³/mol. The Bertz CT molecular complexity index is 4920. The van der Waals surface area contributed by atoms with Crippen LogP contribution in [0.3, 0.4) is 0 Å². The molecule has 0 bridgehead atoms. The van der Waals surface area contributed by atoms with Crippen LogP contribution in [-0.4, -0.2) is 0 Å². The number of thiophene rings is 1. The van der Waals surface area contributed by atoms with Gasteiger partial charge in [-0.05, 0) is 175 Å². The fourth-order valence-electron chi connectivity index (χ4n) is 13.9. The highest BCUT2D eigenvalue weighted by Crippen LogP contribution is 2.63. The second-order valence-electron chi connectivity index (χ2n) is 21.9. The predicted octanol–water partition coefficient (Wildman–Crippen LogP) is 22.2. The summed E-state index contributed by atoms with van der Waals surface area (Å²) in [7, 11) is 0. The lowest BCUT2D eigenvalue weighted by atomic mass is 9.70. The van der Waals surface area contributed by atoms with Gasteiger partial charge in [-0.1, -0.05) is 206 Å². The molecule has 4 heteroatoms. The summed E-state index contributed by atoms with van der Waals surface area (Å²) in [5.41, 5.74) is 25.0. The van der Waals surface area contributed by atoms with Gasteiger partial charge in [-0.2, -0.15) is 0 Å². The fourth-order valence-corrected chi connectivity index (χ4v) is 15.1. The third kappa shape index (κ3) is 7.30. The average molecular weight is 1080 g/mol. The van der Waals surface area contributed by atoms with Crippen molar-refractivity contribution in [2.45, 2.75) is 5.41 Å². The van der Waals surface area contributed by atoms with E-state index in [4.69, 9.17) is 4.42 Å². The Hall–Kier alpha value is -10.5. The molecule has 0 saturated carbocycles. The van der Waals surface area contributed by atoms with Crippen LogP contribution in [0.1, 0.15) is 22.3 Å². The van der Waals surface area contributed by atoms with Gasteiger partial charge in [-0.3, -0.25) is 0 Å².